The Labute approximate surface area is 113 Å². The van der Waals surface area contributed by atoms with Gasteiger partial charge in [0.05, 0.1) is 12.0 Å². The first kappa shape index (κ1) is 14.1. The minimum absolute atomic E-state index is 0.0316. The van der Waals surface area contributed by atoms with Crippen LogP contribution in [0.1, 0.15) is 37.9 Å². The molecule has 0 spiro atoms. The molecule has 6 heteroatoms. The summed E-state index contributed by atoms with van der Waals surface area (Å²) in [5.74, 6) is 0.248. The van der Waals surface area contributed by atoms with Crippen molar-refractivity contribution >= 4 is 15.9 Å². The number of hydrogen-bond donors (Lipinski definition) is 0. The lowest BCUT2D eigenvalue weighted by Gasteiger charge is -2.17. The topological polar surface area (TPSA) is 67.6 Å². The fraction of sp³-hybridized carbons (Fsp3) is 0.615. The Balaban J connectivity index is 1.98. The summed E-state index contributed by atoms with van der Waals surface area (Å²) in [6.45, 7) is 1.92. The van der Waals surface area contributed by atoms with Crippen LogP contribution in [0.4, 0.5) is 0 Å². The van der Waals surface area contributed by atoms with Gasteiger partial charge in [0.1, 0.15) is 5.76 Å². The number of unbranched alkanes of at least 4 members (excludes halogenated alkanes) is 1. The number of rotatable bonds is 6. The first-order valence-corrected chi connectivity index (χ1v) is 8.12. The Bertz CT molecular complexity index is 535. The third-order valence-corrected chi connectivity index (χ3v) is 5.32. The Morgan fingerprint density at radius 2 is 2.26 bits per heavy atom. The number of hydrogen-bond acceptors (Lipinski definition) is 4. The largest absolute Gasteiger partial charge is 0.469 e. The zero-order valence-electron chi connectivity index (χ0n) is 11.2. The molecule has 1 amide bonds. The van der Waals surface area contributed by atoms with Crippen LogP contribution in [0.25, 0.3) is 0 Å². The summed E-state index contributed by atoms with van der Waals surface area (Å²) in [7, 11) is -2.11. The van der Waals surface area contributed by atoms with Crippen LogP contribution < -0.4 is 0 Å². The highest BCUT2D eigenvalue weighted by Crippen LogP contribution is 2.48. The smallest absolute Gasteiger partial charge is 0.239 e. The molecule has 2 rings (SSSR count). The number of sulfonamides is 1. The van der Waals surface area contributed by atoms with Crippen LogP contribution in [0.3, 0.4) is 0 Å². The van der Waals surface area contributed by atoms with Crippen LogP contribution >= 0.6 is 0 Å². The maximum atomic E-state index is 12.1. The molecule has 5 nitrogen and oxygen atoms in total. The van der Waals surface area contributed by atoms with Gasteiger partial charge in [-0.15, -0.1) is 0 Å². The molecule has 0 unspecified atom stereocenters. The summed E-state index contributed by atoms with van der Waals surface area (Å²) in [4.78, 5) is 12.1. The van der Waals surface area contributed by atoms with Gasteiger partial charge in [-0.25, -0.2) is 12.7 Å². The average molecular weight is 285 g/mol. The SMILES string of the molecule is CCCCS(=O)(=O)N(C)C(=O)[C@@H]1C[C@H]1c1ccco1. The molecule has 19 heavy (non-hydrogen) atoms. The molecule has 0 saturated heterocycles. The summed E-state index contributed by atoms with van der Waals surface area (Å²) in [5, 5.41) is 0. The van der Waals surface area contributed by atoms with Crippen LogP contribution in [0.2, 0.25) is 0 Å². The second kappa shape index (κ2) is 5.36. The van der Waals surface area contributed by atoms with Crippen LogP contribution in [0.5, 0.6) is 0 Å². The van der Waals surface area contributed by atoms with Crippen molar-refractivity contribution in [3.05, 3.63) is 24.2 Å². The van der Waals surface area contributed by atoms with Crippen LogP contribution in [-0.4, -0.2) is 31.4 Å². The van der Waals surface area contributed by atoms with E-state index in [1.165, 1.54) is 7.05 Å². The summed E-state index contributed by atoms with van der Waals surface area (Å²) in [6, 6.07) is 3.60. The lowest BCUT2D eigenvalue weighted by atomic mass is 10.2. The molecule has 1 aliphatic carbocycles. The van der Waals surface area contributed by atoms with E-state index in [2.05, 4.69) is 0 Å². The minimum Gasteiger partial charge on any atom is -0.469 e. The van der Waals surface area contributed by atoms with Crippen molar-refractivity contribution in [1.82, 2.24) is 4.31 Å². The lowest BCUT2D eigenvalue weighted by molar-refractivity contribution is -0.127. The van der Waals surface area contributed by atoms with Gasteiger partial charge in [0.15, 0.2) is 0 Å². The summed E-state index contributed by atoms with van der Waals surface area (Å²) >= 11 is 0. The second-order valence-electron chi connectivity index (χ2n) is 4.94. The van der Waals surface area contributed by atoms with Gasteiger partial charge in [0.2, 0.25) is 15.9 Å². The van der Waals surface area contributed by atoms with E-state index >= 15 is 0 Å². The van der Waals surface area contributed by atoms with Crippen molar-refractivity contribution in [2.45, 2.75) is 32.1 Å². The van der Waals surface area contributed by atoms with Crippen molar-refractivity contribution in [2.24, 2.45) is 5.92 Å². The molecule has 0 aliphatic heterocycles. The third-order valence-electron chi connectivity index (χ3n) is 3.50. The molecule has 2 atom stereocenters. The van der Waals surface area contributed by atoms with Crippen molar-refractivity contribution in [2.75, 3.05) is 12.8 Å². The van der Waals surface area contributed by atoms with E-state index in [4.69, 9.17) is 4.42 Å². The molecule has 106 valence electrons. The minimum atomic E-state index is -3.47. The van der Waals surface area contributed by atoms with E-state index in [0.717, 1.165) is 16.5 Å². The molecular weight excluding hydrogens is 266 g/mol. The van der Waals surface area contributed by atoms with E-state index in [-0.39, 0.29) is 23.5 Å². The Hall–Kier alpha value is -1.30. The Morgan fingerprint density at radius 1 is 1.53 bits per heavy atom. The monoisotopic (exact) mass is 285 g/mol. The fourth-order valence-electron chi connectivity index (χ4n) is 2.12. The van der Waals surface area contributed by atoms with E-state index in [1.807, 2.05) is 13.0 Å². The quantitative estimate of drug-likeness (QED) is 0.801. The number of carbonyl (C=O) groups is 1. The number of amides is 1. The molecule has 0 radical (unpaired) electrons. The second-order valence-corrected chi connectivity index (χ2v) is 7.06. The average Bonchev–Trinajstić information content (AvgIpc) is 3.00. The maximum Gasteiger partial charge on any atom is 0.239 e. The van der Waals surface area contributed by atoms with Crippen molar-refractivity contribution in [1.29, 1.82) is 0 Å². The van der Waals surface area contributed by atoms with Gasteiger partial charge in [0, 0.05) is 18.9 Å². The zero-order valence-corrected chi connectivity index (χ0v) is 12.0. The maximum absolute atomic E-state index is 12.1. The molecule has 0 bridgehead atoms. The van der Waals surface area contributed by atoms with Gasteiger partial charge in [0.25, 0.3) is 0 Å². The Morgan fingerprint density at radius 3 is 2.84 bits per heavy atom. The summed E-state index contributed by atoms with van der Waals surface area (Å²) in [6.07, 6.45) is 3.60. The fourth-order valence-corrected chi connectivity index (χ4v) is 3.46. The number of furan rings is 1. The van der Waals surface area contributed by atoms with Crippen LogP contribution in [0, 0.1) is 5.92 Å². The molecule has 0 N–H and O–H groups in total. The van der Waals surface area contributed by atoms with Gasteiger partial charge < -0.3 is 4.42 Å². The van der Waals surface area contributed by atoms with Gasteiger partial charge in [-0.05, 0) is 25.0 Å². The molecule has 1 fully saturated rings. The number of nitrogens with zero attached hydrogens (tertiary/aromatic N) is 1. The first-order chi connectivity index (χ1) is 8.97. The van der Waals surface area contributed by atoms with Gasteiger partial charge in [-0.3, -0.25) is 4.79 Å². The van der Waals surface area contributed by atoms with Gasteiger partial charge in [-0.2, -0.15) is 0 Å². The molecule has 1 aromatic heterocycles. The van der Waals surface area contributed by atoms with E-state index in [0.29, 0.717) is 12.8 Å². The van der Waals surface area contributed by atoms with Gasteiger partial charge >= 0.3 is 0 Å². The molecule has 1 heterocycles. The van der Waals surface area contributed by atoms with E-state index < -0.39 is 10.0 Å². The summed E-state index contributed by atoms with van der Waals surface area (Å²) in [5.41, 5.74) is 0. The third kappa shape index (κ3) is 3.00. The highest BCUT2D eigenvalue weighted by atomic mass is 32.2. The van der Waals surface area contributed by atoms with Crippen molar-refractivity contribution in [3.8, 4) is 0 Å². The van der Waals surface area contributed by atoms with Crippen LogP contribution in [-0.2, 0) is 14.8 Å². The molecule has 1 aromatic rings. The molecule has 1 aliphatic rings. The molecular formula is C13H19NO4S. The molecule has 0 aromatic carbocycles. The predicted molar refractivity (Wildman–Crippen MR) is 71.0 cm³/mol. The molecule has 1 saturated carbocycles. The lowest BCUT2D eigenvalue weighted by Crippen LogP contribution is -2.36. The van der Waals surface area contributed by atoms with Crippen molar-refractivity contribution in [3.63, 3.8) is 0 Å². The van der Waals surface area contributed by atoms with Crippen LogP contribution in [0.15, 0.2) is 22.8 Å². The van der Waals surface area contributed by atoms with Gasteiger partial charge in [-0.1, -0.05) is 13.3 Å². The Kier molecular flexibility index (Phi) is 3.99. The van der Waals surface area contributed by atoms with E-state index in [9.17, 15) is 13.2 Å². The first-order valence-electron chi connectivity index (χ1n) is 6.51. The highest BCUT2D eigenvalue weighted by Gasteiger charge is 2.48. The summed E-state index contributed by atoms with van der Waals surface area (Å²) < 4.78 is 30.0. The highest BCUT2D eigenvalue weighted by molar-refractivity contribution is 7.89. The van der Waals surface area contributed by atoms with E-state index in [1.54, 1.807) is 12.3 Å². The normalized spacial score (nSPS) is 22.2. The standard InChI is InChI=1S/C13H19NO4S/c1-3-4-8-19(16,17)14(2)13(15)11-9-10(11)12-6-5-7-18-12/h5-7,10-11H,3-4,8-9H2,1-2H3/t10-,11-/m1/s1. The zero-order chi connectivity index (χ0) is 14.0. The van der Waals surface area contributed by atoms with Crippen molar-refractivity contribution < 1.29 is 17.6 Å². The predicted octanol–water partition coefficient (Wildman–Crippen LogP) is 1.97. The number of carbonyl (C=O) groups excluding carboxylic acids is 1.